The molecule has 0 saturated carbocycles. The maximum atomic E-state index is 10.9. The van der Waals surface area contributed by atoms with Gasteiger partial charge in [0.2, 0.25) is 0 Å². The van der Waals surface area contributed by atoms with Gasteiger partial charge in [0.1, 0.15) is 9.84 Å². The van der Waals surface area contributed by atoms with E-state index >= 15 is 0 Å². The average molecular weight is 228 g/mol. The van der Waals surface area contributed by atoms with E-state index in [4.69, 9.17) is 5.73 Å². The minimum Gasteiger partial charge on any atom is -0.324 e. The molecule has 1 aromatic rings. The van der Waals surface area contributed by atoms with Crippen LogP contribution in [0.15, 0.2) is 24.5 Å². The monoisotopic (exact) mass is 228 g/mol. The summed E-state index contributed by atoms with van der Waals surface area (Å²) in [5.41, 5.74) is 6.84. The Bertz CT molecular complexity index is 389. The first-order valence-corrected chi connectivity index (χ1v) is 6.88. The van der Waals surface area contributed by atoms with Crippen molar-refractivity contribution in [2.45, 2.75) is 18.9 Å². The lowest BCUT2D eigenvalue weighted by Crippen LogP contribution is -2.12. The molecule has 1 unspecified atom stereocenters. The summed E-state index contributed by atoms with van der Waals surface area (Å²) < 4.78 is 21.8. The molecule has 0 amide bonds. The molecule has 0 aliphatic rings. The standard InChI is InChI=1S/C10H16N2O2S/c1-15(13,14)7-3-5-10(11)9-4-2-6-12-8-9/h2,4,6,8,10H,3,5,7,11H2,1H3. The van der Waals surface area contributed by atoms with E-state index in [1.54, 1.807) is 12.4 Å². The Hall–Kier alpha value is -0.940. The summed E-state index contributed by atoms with van der Waals surface area (Å²) in [5.74, 6) is 0.195. The van der Waals surface area contributed by atoms with Gasteiger partial charge in [0.25, 0.3) is 0 Å². The molecule has 2 N–H and O–H groups in total. The van der Waals surface area contributed by atoms with Crippen LogP contribution in [0.4, 0.5) is 0 Å². The Balaban J connectivity index is 2.41. The van der Waals surface area contributed by atoms with Gasteiger partial charge in [0.05, 0.1) is 0 Å². The van der Waals surface area contributed by atoms with Gasteiger partial charge in [0.15, 0.2) is 0 Å². The highest BCUT2D eigenvalue weighted by Gasteiger charge is 2.08. The molecule has 1 rings (SSSR count). The second-order valence-corrected chi connectivity index (χ2v) is 5.92. The van der Waals surface area contributed by atoms with Gasteiger partial charge in [-0.05, 0) is 24.5 Å². The summed E-state index contributed by atoms with van der Waals surface area (Å²) in [7, 11) is -2.87. The zero-order chi connectivity index (χ0) is 11.3. The van der Waals surface area contributed by atoms with Crippen molar-refractivity contribution in [3.63, 3.8) is 0 Å². The van der Waals surface area contributed by atoms with Gasteiger partial charge in [-0.3, -0.25) is 4.98 Å². The fourth-order valence-electron chi connectivity index (χ4n) is 1.33. The van der Waals surface area contributed by atoms with Crippen LogP contribution in [0.3, 0.4) is 0 Å². The van der Waals surface area contributed by atoms with Crippen molar-refractivity contribution in [2.24, 2.45) is 5.73 Å². The lowest BCUT2D eigenvalue weighted by atomic mass is 10.1. The molecule has 0 fully saturated rings. The number of sulfone groups is 1. The lowest BCUT2D eigenvalue weighted by molar-refractivity contribution is 0.587. The van der Waals surface area contributed by atoms with Gasteiger partial charge in [-0.15, -0.1) is 0 Å². The predicted octanol–water partition coefficient (Wildman–Crippen LogP) is 0.906. The minimum atomic E-state index is -2.87. The molecule has 0 aliphatic carbocycles. The van der Waals surface area contributed by atoms with Crippen LogP contribution in [-0.2, 0) is 9.84 Å². The van der Waals surface area contributed by atoms with Crippen LogP contribution in [0, 0.1) is 0 Å². The van der Waals surface area contributed by atoms with Crippen molar-refractivity contribution in [2.75, 3.05) is 12.0 Å². The highest BCUT2D eigenvalue weighted by molar-refractivity contribution is 7.90. The van der Waals surface area contributed by atoms with Gasteiger partial charge in [-0.2, -0.15) is 0 Å². The summed E-state index contributed by atoms with van der Waals surface area (Å²) in [4.78, 5) is 3.96. The fourth-order valence-corrected chi connectivity index (χ4v) is 2.02. The molecule has 0 spiro atoms. The quantitative estimate of drug-likeness (QED) is 0.813. The number of pyridine rings is 1. The van der Waals surface area contributed by atoms with Crippen molar-refractivity contribution in [1.82, 2.24) is 4.98 Å². The molecule has 15 heavy (non-hydrogen) atoms. The molecule has 0 radical (unpaired) electrons. The number of nitrogens with zero attached hydrogens (tertiary/aromatic N) is 1. The number of hydrogen-bond donors (Lipinski definition) is 1. The summed E-state index contributed by atoms with van der Waals surface area (Å²) in [6.07, 6.45) is 5.90. The van der Waals surface area contributed by atoms with E-state index in [1.165, 1.54) is 6.26 Å². The van der Waals surface area contributed by atoms with E-state index in [1.807, 2.05) is 12.1 Å². The van der Waals surface area contributed by atoms with Crippen molar-refractivity contribution >= 4 is 9.84 Å². The SMILES string of the molecule is CS(=O)(=O)CCCC(N)c1cccnc1. The lowest BCUT2D eigenvalue weighted by Gasteiger charge is -2.10. The van der Waals surface area contributed by atoms with Crippen LogP contribution < -0.4 is 5.73 Å². The topological polar surface area (TPSA) is 73.0 Å². The molecular formula is C10H16N2O2S. The summed E-state index contributed by atoms with van der Waals surface area (Å²) in [5, 5.41) is 0. The molecule has 0 saturated heterocycles. The Labute approximate surface area is 90.4 Å². The molecule has 5 heteroatoms. The first-order chi connectivity index (χ1) is 6.99. The van der Waals surface area contributed by atoms with Crippen LogP contribution in [0.5, 0.6) is 0 Å². The number of nitrogens with two attached hydrogens (primary N) is 1. The highest BCUT2D eigenvalue weighted by atomic mass is 32.2. The maximum Gasteiger partial charge on any atom is 0.147 e. The molecule has 1 aromatic heterocycles. The zero-order valence-electron chi connectivity index (χ0n) is 8.76. The van der Waals surface area contributed by atoms with Crippen LogP contribution >= 0.6 is 0 Å². The van der Waals surface area contributed by atoms with E-state index in [2.05, 4.69) is 4.98 Å². The zero-order valence-corrected chi connectivity index (χ0v) is 9.57. The van der Waals surface area contributed by atoms with Crippen LogP contribution in [0.25, 0.3) is 0 Å². The molecule has 0 aliphatic heterocycles. The third kappa shape index (κ3) is 4.90. The van der Waals surface area contributed by atoms with Gasteiger partial charge < -0.3 is 5.73 Å². The van der Waals surface area contributed by atoms with Gasteiger partial charge in [-0.25, -0.2) is 8.42 Å². The van der Waals surface area contributed by atoms with Crippen LogP contribution in [-0.4, -0.2) is 25.4 Å². The van der Waals surface area contributed by atoms with E-state index in [0.717, 1.165) is 5.56 Å². The first-order valence-electron chi connectivity index (χ1n) is 4.82. The van der Waals surface area contributed by atoms with Gasteiger partial charge in [-0.1, -0.05) is 6.07 Å². The normalized spacial score (nSPS) is 13.7. The summed E-state index contributed by atoms with van der Waals surface area (Å²) >= 11 is 0. The van der Waals surface area contributed by atoms with Crippen LogP contribution in [0.1, 0.15) is 24.4 Å². The van der Waals surface area contributed by atoms with Gasteiger partial charge >= 0.3 is 0 Å². The molecule has 1 atom stereocenters. The number of hydrogen-bond acceptors (Lipinski definition) is 4. The second kappa shape index (κ2) is 5.23. The number of aromatic nitrogens is 1. The van der Waals surface area contributed by atoms with Crippen molar-refractivity contribution in [3.05, 3.63) is 30.1 Å². The Morgan fingerprint density at radius 2 is 2.27 bits per heavy atom. The van der Waals surface area contributed by atoms with E-state index in [-0.39, 0.29) is 11.8 Å². The third-order valence-electron chi connectivity index (χ3n) is 2.14. The Kier molecular flexibility index (Phi) is 4.23. The van der Waals surface area contributed by atoms with E-state index in [9.17, 15) is 8.42 Å². The average Bonchev–Trinajstić information content (AvgIpc) is 2.17. The van der Waals surface area contributed by atoms with Crippen molar-refractivity contribution in [1.29, 1.82) is 0 Å². The largest absolute Gasteiger partial charge is 0.324 e. The molecule has 4 nitrogen and oxygen atoms in total. The molecule has 84 valence electrons. The second-order valence-electron chi connectivity index (χ2n) is 3.66. The molecule has 0 aromatic carbocycles. The maximum absolute atomic E-state index is 10.9. The summed E-state index contributed by atoms with van der Waals surface area (Å²) in [6, 6.07) is 3.60. The van der Waals surface area contributed by atoms with E-state index in [0.29, 0.717) is 12.8 Å². The highest BCUT2D eigenvalue weighted by Crippen LogP contribution is 2.14. The van der Waals surface area contributed by atoms with Gasteiger partial charge in [0, 0.05) is 30.4 Å². The smallest absolute Gasteiger partial charge is 0.147 e. The summed E-state index contributed by atoms with van der Waals surface area (Å²) in [6.45, 7) is 0. The fraction of sp³-hybridized carbons (Fsp3) is 0.500. The third-order valence-corrected chi connectivity index (χ3v) is 3.17. The van der Waals surface area contributed by atoms with Crippen LogP contribution in [0.2, 0.25) is 0 Å². The Morgan fingerprint density at radius 3 is 2.80 bits per heavy atom. The minimum absolute atomic E-state index is 0.125. The van der Waals surface area contributed by atoms with E-state index < -0.39 is 9.84 Å². The Morgan fingerprint density at radius 1 is 1.53 bits per heavy atom. The van der Waals surface area contributed by atoms with Crippen molar-refractivity contribution < 1.29 is 8.42 Å². The molecule has 1 heterocycles. The number of rotatable bonds is 5. The van der Waals surface area contributed by atoms with Crippen molar-refractivity contribution in [3.8, 4) is 0 Å². The predicted molar refractivity (Wildman–Crippen MR) is 60.1 cm³/mol. The molecular weight excluding hydrogens is 212 g/mol. The first kappa shape index (κ1) is 12.1. The molecule has 0 bridgehead atoms.